The minimum atomic E-state index is -0.444. The van der Waals surface area contributed by atoms with Crippen LogP contribution in [0.25, 0.3) is 0 Å². The van der Waals surface area contributed by atoms with Crippen molar-refractivity contribution in [3.8, 4) is 0 Å². The van der Waals surface area contributed by atoms with Gasteiger partial charge in [-0.05, 0) is 49.1 Å². The summed E-state index contributed by atoms with van der Waals surface area (Å²) in [6, 6.07) is 11.6. The quantitative estimate of drug-likeness (QED) is 0.742. The number of hydrogen-bond donors (Lipinski definition) is 1. The molecule has 0 aliphatic carbocycles. The molecule has 0 radical (unpaired) electrons. The highest BCUT2D eigenvalue weighted by Crippen LogP contribution is 2.23. The molecule has 0 bridgehead atoms. The third-order valence-corrected chi connectivity index (χ3v) is 3.60. The molecule has 2 rings (SSSR count). The molecule has 0 spiro atoms. The average molecular weight is 289 g/mol. The van der Waals surface area contributed by atoms with E-state index in [4.69, 9.17) is 0 Å². The monoisotopic (exact) mass is 289 g/mol. The first kappa shape index (κ1) is 15.5. The van der Waals surface area contributed by atoms with E-state index in [1.54, 1.807) is 0 Å². The van der Waals surface area contributed by atoms with E-state index in [1.165, 1.54) is 24.5 Å². The molecular formula is C18H21F2N. The van der Waals surface area contributed by atoms with Gasteiger partial charge in [-0.3, -0.25) is 0 Å². The van der Waals surface area contributed by atoms with Crippen LogP contribution in [-0.2, 0) is 6.42 Å². The van der Waals surface area contributed by atoms with Gasteiger partial charge in [0.1, 0.15) is 11.6 Å². The van der Waals surface area contributed by atoms with Crippen LogP contribution in [0.1, 0.15) is 43.9 Å². The van der Waals surface area contributed by atoms with Gasteiger partial charge in [0, 0.05) is 6.04 Å². The lowest BCUT2D eigenvalue weighted by Crippen LogP contribution is -2.08. The van der Waals surface area contributed by atoms with Crippen LogP contribution in [0.2, 0.25) is 0 Å². The molecule has 2 aromatic rings. The molecule has 0 heterocycles. The zero-order chi connectivity index (χ0) is 15.2. The number of halogens is 2. The summed E-state index contributed by atoms with van der Waals surface area (Å²) >= 11 is 0. The Hall–Kier alpha value is -1.90. The molecule has 1 N–H and O–H groups in total. The summed E-state index contributed by atoms with van der Waals surface area (Å²) in [5.41, 5.74) is 2.56. The zero-order valence-corrected chi connectivity index (χ0v) is 12.5. The first-order chi connectivity index (χ1) is 10.1. The molecule has 0 saturated heterocycles. The molecule has 112 valence electrons. The summed E-state index contributed by atoms with van der Waals surface area (Å²) in [5, 5.41) is 3.01. The topological polar surface area (TPSA) is 12.0 Å². The van der Waals surface area contributed by atoms with Crippen molar-refractivity contribution in [3.05, 3.63) is 65.2 Å². The van der Waals surface area contributed by atoms with Crippen LogP contribution in [0, 0.1) is 11.6 Å². The fourth-order valence-electron chi connectivity index (χ4n) is 2.28. The molecule has 0 saturated carbocycles. The Bertz CT molecular complexity index is 578. The summed E-state index contributed by atoms with van der Waals surface area (Å²) in [7, 11) is 0. The lowest BCUT2D eigenvalue weighted by Gasteiger charge is -2.16. The number of rotatable bonds is 6. The van der Waals surface area contributed by atoms with Crippen molar-refractivity contribution in [1.82, 2.24) is 0 Å². The summed E-state index contributed by atoms with van der Waals surface area (Å²) < 4.78 is 26.8. The van der Waals surface area contributed by atoms with Crippen LogP contribution in [0.15, 0.2) is 42.5 Å². The second-order valence-electron chi connectivity index (χ2n) is 5.34. The van der Waals surface area contributed by atoms with Crippen LogP contribution >= 0.6 is 0 Å². The summed E-state index contributed by atoms with van der Waals surface area (Å²) in [6.07, 6.45) is 3.44. The molecule has 21 heavy (non-hydrogen) atoms. The van der Waals surface area contributed by atoms with Crippen molar-refractivity contribution in [1.29, 1.82) is 0 Å². The first-order valence-corrected chi connectivity index (χ1v) is 7.40. The Morgan fingerprint density at radius 1 is 1.05 bits per heavy atom. The van der Waals surface area contributed by atoms with Crippen molar-refractivity contribution in [3.63, 3.8) is 0 Å². The molecule has 0 aliphatic rings. The van der Waals surface area contributed by atoms with Gasteiger partial charge >= 0.3 is 0 Å². The minimum Gasteiger partial charge on any atom is -0.376 e. The van der Waals surface area contributed by atoms with E-state index < -0.39 is 11.6 Å². The number of unbranched alkanes of at least 4 members (excludes halogenated alkanes) is 1. The summed E-state index contributed by atoms with van der Waals surface area (Å²) in [5.74, 6) is -0.885. The highest BCUT2D eigenvalue weighted by molar-refractivity contribution is 5.47. The van der Waals surface area contributed by atoms with Gasteiger partial charge < -0.3 is 5.32 Å². The third-order valence-electron chi connectivity index (χ3n) is 3.60. The fourth-order valence-corrected chi connectivity index (χ4v) is 2.28. The van der Waals surface area contributed by atoms with Crippen LogP contribution in [0.3, 0.4) is 0 Å². The van der Waals surface area contributed by atoms with E-state index >= 15 is 0 Å². The number of nitrogens with one attached hydrogen (secondary N) is 1. The van der Waals surface area contributed by atoms with Crippen LogP contribution in [0.4, 0.5) is 14.5 Å². The van der Waals surface area contributed by atoms with Crippen molar-refractivity contribution >= 4 is 5.69 Å². The second kappa shape index (κ2) is 7.21. The first-order valence-electron chi connectivity index (χ1n) is 7.40. The second-order valence-corrected chi connectivity index (χ2v) is 5.34. The highest BCUT2D eigenvalue weighted by Gasteiger charge is 2.09. The molecule has 3 heteroatoms. The molecule has 1 unspecified atom stereocenters. The van der Waals surface area contributed by atoms with Crippen LogP contribution in [-0.4, -0.2) is 0 Å². The Morgan fingerprint density at radius 2 is 1.76 bits per heavy atom. The van der Waals surface area contributed by atoms with Gasteiger partial charge in [0.15, 0.2) is 0 Å². The zero-order valence-electron chi connectivity index (χ0n) is 12.5. The molecular weight excluding hydrogens is 268 g/mol. The number of anilines is 1. The van der Waals surface area contributed by atoms with Gasteiger partial charge in [-0.2, -0.15) is 0 Å². The number of benzene rings is 2. The van der Waals surface area contributed by atoms with Crippen molar-refractivity contribution in [2.75, 3.05) is 5.32 Å². The molecule has 1 atom stereocenters. The Morgan fingerprint density at radius 3 is 2.43 bits per heavy atom. The minimum absolute atomic E-state index is 0.0819. The molecule has 0 fully saturated rings. The lowest BCUT2D eigenvalue weighted by molar-refractivity contribution is 0.600. The fraction of sp³-hybridized carbons (Fsp3) is 0.333. The van der Waals surface area contributed by atoms with Crippen molar-refractivity contribution in [2.24, 2.45) is 0 Å². The van der Waals surface area contributed by atoms with E-state index in [0.29, 0.717) is 0 Å². The molecule has 0 amide bonds. The van der Waals surface area contributed by atoms with Gasteiger partial charge in [0.05, 0.1) is 5.69 Å². The van der Waals surface area contributed by atoms with Gasteiger partial charge in [0.2, 0.25) is 0 Å². The molecule has 2 aromatic carbocycles. The maximum absolute atomic E-state index is 13.6. The number of aryl methyl sites for hydroxylation is 1. The van der Waals surface area contributed by atoms with E-state index in [1.807, 2.05) is 19.1 Å². The summed E-state index contributed by atoms with van der Waals surface area (Å²) in [6.45, 7) is 4.11. The Labute approximate surface area is 125 Å². The Kier molecular flexibility index (Phi) is 5.32. The number of hydrogen-bond acceptors (Lipinski definition) is 1. The summed E-state index contributed by atoms with van der Waals surface area (Å²) in [4.78, 5) is 0. The average Bonchev–Trinajstić information content (AvgIpc) is 2.49. The van der Waals surface area contributed by atoms with E-state index in [2.05, 4.69) is 24.4 Å². The van der Waals surface area contributed by atoms with E-state index in [-0.39, 0.29) is 11.7 Å². The van der Waals surface area contributed by atoms with Gasteiger partial charge in [-0.15, -0.1) is 0 Å². The standard InChI is InChI=1S/C18H21F2N/c1-3-4-5-14-6-8-15(9-7-14)13(2)21-18-12-16(19)10-11-17(18)20/h6-13,21H,3-5H2,1-2H3. The van der Waals surface area contributed by atoms with Gasteiger partial charge in [-0.1, -0.05) is 37.6 Å². The predicted octanol–water partition coefficient (Wildman–Crippen LogP) is 5.48. The highest BCUT2D eigenvalue weighted by atomic mass is 19.1. The normalized spacial score (nSPS) is 12.2. The van der Waals surface area contributed by atoms with Crippen LogP contribution < -0.4 is 5.32 Å². The maximum Gasteiger partial charge on any atom is 0.146 e. The van der Waals surface area contributed by atoms with Crippen LogP contribution in [0.5, 0.6) is 0 Å². The maximum atomic E-state index is 13.6. The lowest BCUT2D eigenvalue weighted by atomic mass is 10.0. The van der Waals surface area contributed by atoms with Gasteiger partial charge in [-0.25, -0.2) is 8.78 Å². The van der Waals surface area contributed by atoms with Crippen molar-refractivity contribution < 1.29 is 8.78 Å². The molecule has 0 aliphatic heterocycles. The van der Waals surface area contributed by atoms with Gasteiger partial charge in [0.25, 0.3) is 0 Å². The Balaban J connectivity index is 2.05. The largest absolute Gasteiger partial charge is 0.376 e. The predicted molar refractivity (Wildman–Crippen MR) is 83.4 cm³/mol. The van der Waals surface area contributed by atoms with E-state index in [9.17, 15) is 8.78 Å². The third kappa shape index (κ3) is 4.28. The SMILES string of the molecule is CCCCc1ccc(C(C)Nc2cc(F)ccc2F)cc1. The molecule has 1 nitrogen and oxygen atoms in total. The van der Waals surface area contributed by atoms with Crippen molar-refractivity contribution in [2.45, 2.75) is 39.2 Å². The molecule has 0 aromatic heterocycles. The van der Waals surface area contributed by atoms with E-state index in [0.717, 1.165) is 24.1 Å². The smallest absolute Gasteiger partial charge is 0.146 e.